The Hall–Kier alpha value is -0.260. The lowest BCUT2D eigenvalue weighted by molar-refractivity contribution is 0.843. The van der Waals surface area contributed by atoms with Crippen molar-refractivity contribution in [2.45, 2.75) is 46.0 Å². The van der Waals surface area contributed by atoms with E-state index in [1.54, 1.807) is 5.57 Å². The van der Waals surface area contributed by atoms with E-state index in [-0.39, 0.29) is 0 Å². The van der Waals surface area contributed by atoms with Crippen molar-refractivity contribution in [3.8, 4) is 0 Å². The maximum atomic E-state index is 3.81. The van der Waals surface area contributed by atoms with Gasteiger partial charge in [0.2, 0.25) is 0 Å². The lowest BCUT2D eigenvalue weighted by Gasteiger charge is -2.00. The Morgan fingerprint density at radius 3 is 2.50 bits per heavy atom. The van der Waals surface area contributed by atoms with E-state index in [9.17, 15) is 0 Å². The molecule has 0 aliphatic rings. The van der Waals surface area contributed by atoms with E-state index in [0.717, 1.165) is 12.8 Å². The van der Waals surface area contributed by atoms with E-state index in [4.69, 9.17) is 0 Å². The molecule has 0 bridgehead atoms. The van der Waals surface area contributed by atoms with Crippen LogP contribution in [0.15, 0.2) is 11.6 Å². The van der Waals surface area contributed by atoms with E-state index < -0.39 is 0 Å². The summed E-state index contributed by atoms with van der Waals surface area (Å²) in [5.41, 5.74) is 1.60. The van der Waals surface area contributed by atoms with Crippen LogP contribution in [0.1, 0.15) is 46.0 Å². The van der Waals surface area contributed by atoms with E-state index >= 15 is 0 Å². The molecule has 0 nitrogen and oxygen atoms in total. The fourth-order valence-corrected chi connectivity index (χ4v) is 1.05. The molecule has 0 atom stereocenters. The minimum absolute atomic E-state index is 1.03. The molecule has 0 spiro atoms. The third-order valence-corrected chi connectivity index (χ3v) is 1.66. The van der Waals surface area contributed by atoms with Gasteiger partial charge in [0, 0.05) is 0 Å². The Bertz CT molecular complexity index is 90.2. The van der Waals surface area contributed by atoms with Gasteiger partial charge >= 0.3 is 0 Å². The van der Waals surface area contributed by atoms with Crippen LogP contribution in [-0.4, -0.2) is 0 Å². The summed E-state index contributed by atoms with van der Waals surface area (Å²) in [5.74, 6) is 0. The third-order valence-electron chi connectivity index (χ3n) is 1.66. The van der Waals surface area contributed by atoms with Gasteiger partial charge in [-0.25, -0.2) is 0 Å². The largest absolute Gasteiger partial charge is 0.0853 e. The van der Waals surface area contributed by atoms with Crippen molar-refractivity contribution < 1.29 is 0 Å². The van der Waals surface area contributed by atoms with Gasteiger partial charge in [0.1, 0.15) is 0 Å². The predicted molar refractivity (Wildman–Crippen MR) is 47.9 cm³/mol. The van der Waals surface area contributed by atoms with Crippen LogP contribution in [0.25, 0.3) is 0 Å². The van der Waals surface area contributed by atoms with Crippen molar-refractivity contribution in [1.29, 1.82) is 0 Å². The summed E-state index contributed by atoms with van der Waals surface area (Å²) in [6, 6.07) is 0. The highest BCUT2D eigenvalue weighted by Gasteiger charge is 1.89. The molecule has 0 saturated carbocycles. The average molecular weight is 139 g/mol. The first kappa shape index (κ1) is 9.74. The molecule has 0 heteroatoms. The van der Waals surface area contributed by atoms with Crippen molar-refractivity contribution in [2.75, 3.05) is 0 Å². The Labute approximate surface area is 65.3 Å². The molecule has 0 aliphatic heterocycles. The van der Waals surface area contributed by atoms with Gasteiger partial charge in [-0.3, -0.25) is 0 Å². The zero-order chi connectivity index (χ0) is 7.82. The van der Waals surface area contributed by atoms with Gasteiger partial charge in [0.05, 0.1) is 0 Å². The lowest BCUT2D eigenvalue weighted by Crippen LogP contribution is -1.79. The van der Waals surface area contributed by atoms with E-state index in [0.29, 0.717) is 0 Å². The van der Waals surface area contributed by atoms with Crippen LogP contribution < -0.4 is 0 Å². The van der Waals surface area contributed by atoms with E-state index in [1.165, 1.54) is 19.3 Å². The molecule has 0 heterocycles. The quantitative estimate of drug-likeness (QED) is 0.509. The zero-order valence-corrected chi connectivity index (χ0v) is 7.32. The molecule has 0 fully saturated rings. The topological polar surface area (TPSA) is 0 Å². The summed E-state index contributed by atoms with van der Waals surface area (Å²) in [7, 11) is 0. The Balaban J connectivity index is 3.55. The molecule has 0 aromatic heterocycles. The summed E-state index contributed by atoms with van der Waals surface area (Å²) < 4.78 is 0. The summed E-state index contributed by atoms with van der Waals surface area (Å²) in [6.07, 6.45) is 8.30. The van der Waals surface area contributed by atoms with Gasteiger partial charge in [-0.15, -0.1) is 0 Å². The molecule has 10 heavy (non-hydrogen) atoms. The lowest BCUT2D eigenvalue weighted by atomic mass is 10.1. The molecule has 1 radical (unpaired) electrons. The molecular weight excluding hydrogens is 120 g/mol. The van der Waals surface area contributed by atoms with Gasteiger partial charge < -0.3 is 0 Å². The molecule has 0 aromatic carbocycles. The number of hydrogen-bond acceptors (Lipinski definition) is 0. The van der Waals surface area contributed by atoms with Crippen molar-refractivity contribution in [2.24, 2.45) is 0 Å². The summed E-state index contributed by atoms with van der Waals surface area (Å²) >= 11 is 0. The highest BCUT2D eigenvalue weighted by Crippen LogP contribution is 2.10. The molecular formula is C10H19. The first-order valence-corrected chi connectivity index (χ1v) is 4.32. The average Bonchev–Trinajstić information content (AvgIpc) is 1.98. The van der Waals surface area contributed by atoms with E-state index in [2.05, 4.69) is 26.8 Å². The second-order valence-corrected chi connectivity index (χ2v) is 2.61. The summed E-state index contributed by atoms with van der Waals surface area (Å²) in [5, 5.41) is 0. The monoisotopic (exact) mass is 139 g/mol. The smallest absolute Gasteiger partial charge is 0.0323 e. The number of hydrogen-bond donors (Lipinski definition) is 0. The van der Waals surface area contributed by atoms with Crippen LogP contribution in [-0.2, 0) is 0 Å². The second-order valence-electron chi connectivity index (χ2n) is 2.61. The number of unbranched alkanes of at least 4 members (excludes halogenated alkanes) is 1. The minimum Gasteiger partial charge on any atom is -0.0853 e. The van der Waals surface area contributed by atoms with Gasteiger partial charge in [-0.1, -0.05) is 38.8 Å². The van der Waals surface area contributed by atoms with Gasteiger partial charge in [0.15, 0.2) is 0 Å². The summed E-state index contributed by atoms with van der Waals surface area (Å²) in [6.45, 7) is 8.26. The second kappa shape index (κ2) is 6.85. The molecule has 0 amide bonds. The normalized spacial score (nSPS) is 12.1. The summed E-state index contributed by atoms with van der Waals surface area (Å²) in [4.78, 5) is 0. The van der Waals surface area contributed by atoms with Crippen LogP contribution in [0.4, 0.5) is 0 Å². The highest BCUT2D eigenvalue weighted by molar-refractivity contribution is 5.00. The number of rotatable bonds is 5. The fraction of sp³-hybridized carbons (Fsp3) is 0.700. The Kier molecular flexibility index (Phi) is 6.68. The SMILES string of the molecule is [CH2]CCC=C(CC)CCC. The van der Waals surface area contributed by atoms with Gasteiger partial charge in [-0.2, -0.15) is 0 Å². The molecule has 0 aromatic rings. The van der Waals surface area contributed by atoms with Crippen LogP contribution in [0.3, 0.4) is 0 Å². The van der Waals surface area contributed by atoms with Crippen LogP contribution >= 0.6 is 0 Å². The van der Waals surface area contributed by atoms with Crippen molar-refractivity contribution >= 4 is 0 Å². The third kappa shape index (κ3) is 4.60. The Morgan fingerprint density at radius 2 is 2.10 bits per heavy atom. The first-order valence-electron chi connectivity index (χ1n) is 4.32. The van der Waals surface area contributed by atoms with Gasteiger partial charge in [0.25, 0.3) is 0 Å². The van der Waals surface area contributed by atoms with E-state index in [1.807, 2.05) is 0 Å². The predicted octanol–water partition coefficient (Wildman–Crippen LogP) is 3.74. The maximum Gasteiger partial charge on any atom is -0.0323 e. The Morgan fingerprint density at radius 1 is 1.40 bits per heavy atom. The van der Waals surface area contributed by atoms with Crippen LogP contribution in [0.2, 0.25) is 0 Å². The molecule has 0 saturated heterocycles. The van der Waals surface area contributed by atoms with Crippen LogP contribution in [0.5, 0.6) is 0 Å². The van der Waals surface area contributed by atoms with Gasteiger partial charge in [-0.05, 0) is 25.7 Å². The molecule has 59 valence electrons. The number of allylic oxidation sites excluding steroid dienone is 2. The first-order chi connectivity index (χ1) is 4.85. The zero-order valence-electron chi connectivity index (χ0n) is 7.32. The van der Waals surface area contributed by atoms with Crippen molar-refractivity contribution in [1.82, 2.24) is 0 Å². The molecule has 0 N–H and O–H groups in total. The molecule has 0 aliphatic carbocycles. The van der Waals surface area contributed by atoms with Crippen LogP contribution in [0, 0.1) is 6.92 Å². The standard InChI is InChI=1S/C10H19/c1-4-7-9-10(6-3)8-5-2/h9H,1,4-8H2,2-3H3. The van der Waals surface area contributed by atoms with Crippen molar-refractivity contribution in [3.05, 3.63) is 18.6 Å². The van der Waals surface area contributed by atoms with Crippen molar-refractivity contribution in [3.63, 3.8) is 0 Å². The molecule has 0 unspecified atom stereocenters. The maximum absolute atomic E-state index is 3.81. The highest BCUT2D eigenvalue weighted by atomic mass is 14.0. The fourth-order valence-electron chi connectivity index (χ4n) is 1.05. The minimum atomic E-state index is 1.03. The molecule has 0 rings (SSSR count).